The number of aromatic nitrogens is 1. The molecule has 0 bridgehead atoms. The van der Waals surface area contributed by atoms with Gasteiger partial charge < -0.3 is 4.98 Å². The van der Waals surface area contributed by atoms with E-state index in [0.717, 1.165) is 22.3 Å². The fourth-order valence-electron chi connectivity index (χ4n) is 1.70. The molecule has 1 aromatic carbocycles. The predicted octanol–water partition coefficient (Wildman–Crippen LogP) is 2.61. The van der Waals surface area contributed by atoms with E-state index in [9.17, 15) is 13.2 Å². The maximum Gasteiger partial charge on any atom is 0.266 e. The average molecular weight is 392 g/mol. The number of H-pyrrole nitrogens is 1. The largest absolute Gasteiger partial charge is 0.326 e. The van der Waals surface area contributed by atoms with E-state index in [1.165, 1.54) is 11.4 Å². The zero-order valence-corrected chi connectivity index (χ0v) is 14.2. The SMILES string of the molecule is CN(Cc1ccc(Br)cc1)S(=O)(=O)c1c[nH]c(=O)c(Cl)c1. The molecule has 0 aliphatic heterocycles. The van der Waals surface area contributed by atoms with Crippen molar-refractivity contribution in [2.24, 2.45) is 0 Å². The molecule has 0 fully saturated rings. The molecule has 5 nitrogen and oxygen atoms in total. The van der Waals surface area contributed by atoms with E-state index in [0.29, 0.717) is 0 Å². The summed E-state index contributed by atoms with van der Waals surface area (Å²) in [6.07, 6.45) is 1.14. The van der Waals surface area contributed by atoms with Crippen LogP contribution in [0.1, 0.15) is 5.56 Å². The Hall–Kier alpha value is -1.15. The number of nitrogens with zero attached hydrogens (tertiary/aromatic N) is 1. The third-order valence-corrected chi connectivity index (χ3v) is 5.45. The van der Waals surface area contributed by atoms with Gasteiger partial charge in [-0.05, 0) is 23.8 Å². The van der Waals surface area contributed by atoms with Crippen molar-refractivity contribution >= 4 is 37.6 Å². The van der Waals surface area contributed by atoms with E-state index in [-0.39, 0.29) is 16.5 Å². The molecule has 0 spiro atoms. The summed E-state index contributed by atoms with van der Waals surface area (Å²) in [5.74, 6) is 0. The normalized spacial score (nSPS) is 11.8. The topological polar surface area (TPSA) is 70.2 Å². The molecule has 8 heteroatoms. The number of nitrogens with one attached hydrogen (secondary N) is 1. The van der Waals surface area contributed by atoms with Gasteiger partial charge in [-0.15, -0.1) is 0 Å². The van der Waals surface area contributed by atoms with Gasteiger partial charge in [0.25, 0.3) is 5.56 Å². The number of halogens is 2. The number of pyridine rings is 1. The maximum atomic E-state index is 12.4. The Labute approximate surface area is 135 Å². The van der Waals surface area contributed by atoms with Crippen molar-refractivity contribution in [3.63, 3.8) is 0 Å². The highest BCUT2D eigenvalue weighted by Gasteiger charge is 2.22. The zero-order chi connectivity index (χ0) is 15.6. The number of benzene rings is 1. The summed E-state index contributed by atoms with van der Waals surface area (Å²) in [5, 5.41) is -0.159. The Morgan fingerprint density at radius 2 is 1.90 bits per heavy atom. The van der Waals surface area contributed by atoms with E-state index in [2.05, 4.69) is 20.9 Å². The molecule has 0 atom stereocenters. The first-order valence-corrected chi connectivity index (χ1v) is 8.51. The fourth-order valence-corrected chi connectivity index (χ4v) is 3.35. The van der Waals surface area contributed by atoms with Gasteiger partial charge >= 0.3 is 0 Å². The third kappa shape index (κ3) is 3.74. The van der Waals surface area contributed by atoms with E-state index >= 15 is 0 Å². The lowest BCUT2D eigenvalue weighted by Crippen LogP contribution is -2.27. The van der Waals surface area contributed by atoms with Crippen molar-refractivity contribution in [2.45, 2.75) is 11.4 Å². The van der Waals surface area contributed by atoms with Gasteiger partial charge in [0.15, 0.2) is 0 Å². The van der Waals surface area contributed by atoms with Crippen LogP contribution in [0.2, 0.25) is 5.02 Å². The van der Waals surface area contributed by atoms with E-state index < -0.39 is 15.6 Å². The summed E-state index contributed by atoms with van der Waals surface area (Å²) in [5.41, 5.74) is 0.325. The molecule has 0 aliphatic rings. The van der Waals surface area contributed by atoms with Crippen LogP contribution in [0.25, 0.3) is 0 Å². The van der Waals surface area contributed by atoms with E-state index in [1.807, 2.05) is 24.3 Å². The number of sulfonamides is 1. The van der Waals surface area contributed by atoms with Crippen molar-refractivity contribution in [3.8, 4) is 0 Å². The van der Waals surface area contributed by atoms with Crippen LogP contribution in [-0.2, 0) is 16.6 Å². The first-order chi connectivity index (χ1) is 9.80. The second kappa shape index (κ2) is 6.31. The first-order valence-electron chi connectivity index (χ1n) is 5.90. The minimum Gasteiger partial charge on any atom is -0.326 e. The molecule has 112 valence electrons. The van der Waals surface area contributed by atoms with Crippen molar-refractivity contribution in [2.75, 3.05) is 7.05 Å². The van der Waals surface area contributed by atoms with E-state index in [4.69, 9.17) is 11.6 Å². The molecule has 0 unspecified atom stereocenters. The average Bonchev–Trinajstić information content (AvgIpc) is 2.44. The number of hydrogen-bond donors (Lipinski definition) is 1. The predicted molar refractivity (Wildman–Crippen MR) is 84.9 cm³/mol. The minimum absolute atomic E-state index is 0.0493. The molecular weight excluding hydrogens is 380 g/mol. The molecule has 0 saturated heterocycles. The highest BCUT2D eigenvalue weighted by molar-refractivity contribution is 9.10. The summed E-state index contributed by atoms with van der Waals surface area (Å²) in [4.78, 5) is 13.4. The van der Waals surface area contributed by atoms with Crippen LogP contribution in [0.15, 0.2) is 50.7 Å². The molecule has 21 heavy (non-hydrogen) atoms. The molecule has 2 rings (SSSR count). The summed E-state index contributed by atoms with van der Waals surface area (Å²) in [6, 6.07) is 8.49. The maximum absolute atomic E-state index is 12.4. The van der Waals surface area contributed by atoms with Crippen LogP contribution in [0.5, 0.6) is 0 Å². The lowest BCUT2D eigenvalue weighted by atomic mass is 10.2. The molecule has 1 aromatic heterocycles. The Morgan fingerprint density at radius 1 is 1.29 bits per heavy atom. The summed E-state index contributed by atoms with van der Waals surface area (Å²) in [6.45, 7) is 0.215. The standard InChI is InChI=1S/C13H12BrClN2O3S/c1-17(8-9-2-4-10(14)5-3-9)21(19,20)11-6-12(15)13(18)16-7-11/h2-7H,8H2,1H3,(H,16,18). The summed E-state index contributed by atoms with van der Waals surface area (Å²) < 4.78 is 26.9. The van der Waals surface area contributed by atoms with Gasteiger partial charge in [0.05, 0.1) is 4.90 Å². The molecule has 0 radical (unpaired) electrons. The summed E-state index contributed by atoms with van der Waals surface area (Å²) in [7, 11) is -2.25. The van der Waals surface area contributed by atoms with Gasteiger partial charge in [-0.3, -0.25) is 4.79 Å². The van der Waals surface area contributed by atoms with Gasteiger partial charge in [-0.2, -0.15) is 4.31 Å². The van der Waals surface area contributed by atoms with E-state index in [1.54, 1.807) is 0 Å². The fraction of sp³-hybridized carbons (Fsp3) is 0.154. The Kier molecular flexibility index (Phi) is 4.88. The lowest BCUT2D eigenvalue weighted by molar-refractivity contribution is 0.466. The smallest absolute Gasteiger partial charge is 0.266 e. The first kappa shape index (κ1) is 16.2. The molecule has 0 saturated carbocycles. The van der Waals surface area contributed by atoms with Crippen molar-refractivity contribution < 1.29 is 8.42 Å². The van der Waals surface area contributed by atoms with Crippen molar-refractivity contribution in [1.29, 1.82) is 0 Å². The van der Waals surface area contributed by atoms with Crippen LogP contribution in [0.3, 0.4) is 0 Å². The lowest BCUT2D eigenvalue weighted by Gasteiger charge is -2.17. The summed E-state index contributed by atoms with van der Waals surface area (Å²) >= 11 is 8.99. The van der Waals surface area contributed by atoms with Crippen LogP contribution in [-0.4, -0.2) is 24.8 Å². The van der Waals surface area contributed by atoms with Gasteiger partial charge in [0.1, 0.15) is 5.02 Å². The second-order valence-electron chi connectivity index (χ2n) is 4.40. The van der Waals surface area contributed by atoms with Gasteiger partial charge in [-0.25, -0.2) is 8.42 Å². The van der Waals surface area contributed by atoms with Crippen LogP contribution >= 0.6 is 27.5 Å². The quantitative estimate of drug-likeness (QED) is 0.871. The highest BCUT2D eigenvalue weighted by atomic mass is 79.9. The minimum atomic E-state index is -3.72. The van der Waals surface area contributed by atoms with Gasteiger partial charge in [0, 0.05) is 24.3 Å². The number of hydrogen-bond acceptors (Lipinski definition) is 3. The molecule has 1 heterocycles. The van der Waals surface area contributed by atoms with Crippen LogP contribution in [0.4, 0.5) is 0 Å². The highest BCUT2D eigenvalue weighted by Crippen LogP contribution is 2.18. The zero-order valence-electron chi connectivity index (χ0n) is 11.0. The molecule has 0 amide bonds. The monoisotopic (exact) mass is 390 g/mol. The van der Waals surface area contributed by atoms with Gasteiger partial charge in [0.2, 0.25) is 10.0 Å². The molecular formula is C13H12BrClN2O3S. The Bertz CT molecular complexity index is 803. The molecule has 0 aliphatic carbocycles. The second-order valence-corrected chi connectivity index (χ2v) is 7.77. The van der Waals surface area contributed by atoms with Gasteiger partial charge in [-0.1, -0.05) is 39.7 Å². The van der Waals surface area contributed by atoms with Crippen LogP contribution in [0, 0.1) is 0 Å². The van der Waals surface area contributed by atoms with Crippen LogP contribution < -0.4 is 5.56 Å². The number of rotatable bonds is 4. The molecule has 2 aromatic rings. The number of aromatic amines is 1. The Morgan fingerprint density at radius 3 is 2.48 bits per heavy atom. The van der Waals surface area contributed by atoms with Crippen molar-refractivity contribution in [3.05, 3.63) is 61.9 Å². The van der Waals surface area contributed by atoms with Crippen molar-refractivity contribution in [1.82, 2.24) is 9.29 Å². The third-order valence-electron chi connectivity index (χ3n) is 2.86. The molecule has 1 N–H and O–H groups in total. The Balaban J connectivity index is 2.27.